The van der Waals surface area contributed by atoms with E-state index in [1.807, 2.05) is 62.4 Å². The number of amides is 8. The third-order valence-corrected chi connectivity index (χ3v) is 14.0. The summed E-state index contributed by atoms with van der Waals surface area (Å²) < 4.78 is 0. The van der Waals surface area contributed by atoms with Gasteiger partial charge in [-0.3, -0.25) is 43.3 Å². The zero-order valence-electron chi connectivity index (χ0n) is 45.9. The van der Waals surface area contributed by atoms with Crippen LogP contribution >= 0.6 is 0 Å². The predicted molar refractivity (Wildman–Crippen MR) is 304 cm³/mol. The van der Waals surface area contributed by atoms with Gasteiger partial charge >= 0.3 is 0 Å². The SMILES string of the molecule is CC(C)C[C@@H]1NC(=O)[C@@H](Cc2c[nH]c3ccccc23)NC(=O)[C@H](CCCCN)NC(=O)[C@@H](CCCN=C(N)N)NC(=O)[C@H](CCCCN)NC(=O)[C@@H](Cc2cnc[nH]2)NC(=O)[C@H](CO)NC(=O)[C@@H](Cc2c[nH]c3ccccc23)NC1=O. The number of aliphatic hydroxyl groups is 1. The predicted octanol–water partition coefficient (Wildman–Crippen LogP) is -1.36. The molecule has 0 saturated carbocycles. The summed E-state index contributed by atoms with van der Waals surface area (Å²) in [5.41, 5.74) is 26.1. The second-order valence-electron chi connectivity index (χ2n) is 20.7. The van der Waals surface area contributed by atoms with Crippen LogP contribution in [0, 0.1) is 5.92 Å². The Morgan fingerprint density at radius 1 is 0.519 bits per heavy atom. The standard InChI is InChI=1S/C55H79N17O9/c1-31(2)22-42-50(77)70-44(24-33-27-63-38-15-6-4-13-36(33)38)52(79)72-46(29-73)54(81)71-45(25-34-28-60-30-64-34)53(80)67-39(16-7-9-19-56)47(74)66-41(18-11-21-61-55(58)59)48(75)65-40(17-8-10-20-57)49(76)69-43(51(78)68-42)23-32-26-62-37-14-5-3-12-35(32)37/h3-6,12-15,26-28,30-31,39-46,62-63,73H,7-11,16-25,29,56-57H2,1-2H3,(H,60,64)(H,65,75)(H,66,74)(H,67,80)(H,68,78)(H,69,76)(H,70,77)(H,71,81)(H,72,79)(H4,58,59,61)/t39-,40-,41+,42-,43+,44+,45+,46-/m0/s1. The highest BCUT2D eigenvalue weighted by atomic mass is 16.3. The highest BCUT2D eigenvalue weighted by Crippen LogP contribution is 2.22. The van der Waals surface area contributed by atoms with Gasteiger partial charge in [0.25, 0.3) is 0 Å². The van der Waals surface area contributed by atoms with Gasteiger partial charge in [0.15, 0.2) is 5.96 Å². The molecule has 4 heterocycles. The molecule has 0 aliphatic carbocycles. The number of aliphatic imine (C=N–C) groups is 1. The number of H-pyrrole nitrogens is 3. The molecule has 8 atom stereocenters. The number of aromatic nitrogens is 4. The van der Waals surface area contributed by atoms with E-state index in [0.717, 1.165) is 21.8 Å². The number of rotatable bonds is 21. The molecule has 8 amide bonds. The lowest BCUT2D eigenvalue weighted by molar-refractivity contribution is -0.137. The molecule has 3 aromatic heterocycles. The number of nitrogens with zero attached hydrogens (tertiary/aromatic N) is 2. The number of carbonyl (C=O) groups excluding carboxylic acids is 8. The maximum absolute atomic E-state index is 14.9. The number of nitrogens with one attached hydrogen (secondary N) is 11. The number of hydrogen-bond acceptors (Lipinski definition) is 13. The Bertz CT molecular complexity index is 2940. The minimum atomic E-state index is -1.69. The molecular weight excluding hydrogens is 1040 g/mol. The van der Waals surface area contributed by atoms with Crippen molar-refractivity contribution in [2.45, 2.75) is 139 Å². The number of unbranched alkanes of at least 4 members (excludes halogenated alkanes) is 2. The summed E-state index contributed by atoms with van der Waals surface area (Å²) in [6.45, 7) is 3.31. The summed E-state index contributed by atoms with van der Waals surface area (Å²) >= 11 is 0. The smallest absolute Gasteiger partial charge is 0.245 e. The summed E-state index contributed by atoms with van der Waals surface area (Å²) in [6, 6.07) is 3.47. The molecule has 20 N–H and O–H groups in total. The molecule has 0 radical (unpaired) electrons. The van der Waals surface area contributed by atoms with Gasteiger partial charge in [-0.25, -0.2) is 4.98 Å². The summed E-state index contributed by atoms with van der Waals surface area (Å²) in [4.78, 5) is 134. The van der Waals surface area contributed by atoms with Crippen molar-refractivity contribution in [2.24, 2.45) is 33.8 Å². The molecule has 1 saturated heterocycles. The molecule has 26 heteroatoms. The number of para-hydroxylation sites is 2. The number of aliphatic hydroxyl groups excluding tert-OH is 1. The van der Waals surface area contributed by atoms with Gasteiger partial charge in [-0.2, -0.15) is 0 Å². The van der Waals surface area contributed by atoms with Crippen molar-refractivity contribution in [1.29, 1.82) is 0 Å². The molecule has 438 valence electrons. The lowest BCUT2D eigenvalue weighted by atomic mass is 9.99. The lowest BCUT2D eigenvalue weighted by Gasteiger charge is -2.29. The van der Waals surface area contributed by atoms with Crippen LogP contribution in [-0.4, -0.2) is 153 Å². The molecule has 26 nitrogen and oxygen atoms in total. The first kappa shape index (κ1) is 61.8. The van der Waals surface area contributed by atoms with Crippen LogP contribution in [0.25, 0.3) is 21.8 Å². The normalized spacial score (nSPS) is 22.4. The van der Waals surface area contributed by atoms with E-state index in [1.165, 1.54) is 12.5 Å². The van der Waals surface area contributed by atoms with Crippen molar-refractivity contribution >= 4 is 75.0 Å². The molecule has 0 spiro atoms. The first-order chi connectivity index (χ1) is 39.0. The Morgan fingerprint density at radius 3 is 1.35 bits per heavy atom. The minimum Gasteiger partial charge on any atom is -0.394 e. The van der Waals surface area contributed by atoms with Crippen molar-refractivity contribution in [1.82, 2.24) is 62.5 Å². The van der Waals surface area contributed by atoms with E-state index in [-0.39, 0.29) is 82.9 Å². The summed E-state index contributed by atoms with van der Waals surface area (Å²) in [5, 5.41) is 34.2. The number of hydrogen-bond donors (Lipinski definition) is 16. The number of aromatic amines is 3. The average molecular weight is 1120 g/mol. The van der Waals surface area contributed by atoms with Gasteiger partial charge in [0, 0.05) is 71.9 Å². The fraction of sp³-hybridized carbons (Fsp3) is 0.491. The van der Waals surface area contributed by atoms with E-state index in [2.05, 4.69) is 67.5 Å². The van der Waals surface area contributed by atoms with Gasteiger partial charge in [0.2, 0.25) is 47.3 Å². The molecule has 81 heavy (non-hydrogen) atoms. The van der Waals surface area contributed by atoms with E-state index in [9.17, 15) is 43.5 Å². The van der Waals surface area contributed by atoms with Crippen LogP contribution in [0.5, 0.6) is 0 Å². The third-order valence-electron chi connectivity index (χ3n) is 14.0. The Labute approximate surface area is 469 Å². The van der Waals surface area contributed by atoms with Crippen molar-refractivity contribution in [3.8, 4) is 0 Å². The number of guanidine groups is 1. The average Bonchev–Trinajstić information content (AvgIpc) is 4.28. The van der Waals surface area contributed by atoms with Crippen LogP contribution in [-0.2, 0) is 57.6 Å². The van der Waals surface area contributed by atoms with Crippen LogP contribution in [0.1, 0.15) is 88.5 Å². The first-order valence-corrected chi connectivity index (χ1v) is 27.5. The van der Waals surface area contributed by atoms with Crippen LogP contribution in [0.2, 0.25) is 0 Å². The third kappa shape index (κ3) is 18.3. The first-order valence-electron chi connectivity index (χ1n) is 27.5. The van der Waals surface area contributed by atoms with Gasteiger partial charge in [-0.1, -0.05) is 50.2 Å². The quantitative estimate of drug-likeness (QED) is 0.0230. The largest absolute Gasteiger partial charge is 0.394 e. The Kier molecular flexibility index (Phi) is 23.6. The monoisotopic (exact) mass is 1120 g/mol. The van der Waals surface area contributed by atoms with Gasteiger partial charge in [-0.05, 0) is 100 Å². The fourth-order valence-electron chi connectivity index (χ4n) is 9.66. The van der Waals surface area contributed by atoms with E-state index < -0.39 is 102 Å². The maximum Gasteiger partial charge on any atom is 0.245 e. The second kappa shape index (κ2) is 30.9. The molecule has 1 fully saturated rings. The molecular formula is C55H79N17O9. The molecule has 5 aromatic rings. The Morgan fingerprint density at radius 2 is 0.914 bits per heavy atom. The summed E-state index contributed by atoms with van der Waals surface area (Å²) in [6.07, 6.45) is 7.68. The van der Waals surface area contributed by atoms with Crippen molar-refractivity contribution < 1.29 is 43.5 Å². The Hall–Kier alpha value is -8.36. The molecule has 2 aromatic carbocycles. The fourth-order valence-corrected chi connectivity index (χ4v) is 9.66. The molecule has 1 aliphatic rings. The molecule has 0 bridgehead atoms. The molecule has 0 unspecified atom stereocenters. The van der Waals surface area contributed by atoms with Crippen molar-refractivity contribution in [2.75, 3.05) is 26.2 Å². The number of fused-ring (bicyclic) bond motifs is 2. The van der Waals surface area contributed by atoms with Crippen molar-refractivity contribution in [3.63, 3.8) is 0 Å². The van der Waals surface area contributed by atoms with Crippen molar-refractivity contribution in [3.05, 3.63) is 90.3 Å². The van der Waals surface area contributed by atoms with Crippen LogP contribution in [0.15, 0.2) is 78.4 Å². The van der Waals surface area contributed by atoms with E-state index in [0.29, 0.717) is 42.5 Å². The summed E-state index contributed by atoms with van der Waals surface area (Å²) in [5.74, 6) is -7.00. The summed E-state index contributed by atoms with van der Waals surface area (Å²) in [7, 11) is 0. The number of carbonyl (C=O) groups is 8. The maximum atomic E-state index is 14.9. The van der Waals surface area contributed by atoms with Gasteiger partial charge in [0.1, 0.15) is 48.3 Å². The van der Waals surface area contributed by atoms with Crippen LogP contribution < -0.4 is 65.5 Å². The number of nitrogens with two attached hydrogens (primary N) is 4. The zero-order valence-corrected chi connectivity index (χ0v) is 45.9. The van der Waals surface area contributed by atoms with Crippen LogP contribution in [0.3, 0.4) is 0 Å². The molecule has 1 aliphatic heterocycles. The van der Waals surface area contributed by atoms with E-state index in [1.54, 1.807) is 12.4 Å². The van der Waals surface area contributed by atoms with E-state index in [4.69, 9.17) is 22.9 Å². The second-order valence-corrected chi connectivity index (χ2v) is 20.7. The highest BCUT2D eigenvalue weighted by Gasteiger charge is 2.37. The van der Waals surface area contributed by atoms with Gasteiger partial charge in [-0.15, -0.1) is 0 Å². The van der Waals surface area contributed by atoms with E-state index >= 15 is 0 Å². The van der Waals surface area contributed by atoms with Gasteiger partial charge in [0.05, 0.1) is 12.9 Å². The highest BCUT2D eigenvalue weighted by molar-refractivity contribution is 5.99. The van der Waals surface area contributed by atoms with Gasteiger partial charge < -0.3 is 85.5 Å². The zero-order chi connectivity index (χ0) is 58.4. The molecule has 6 rings (SSSR count). The minimum absolute atomic E-state index is 0.0305. The van der Waals surface area contributed by atoms with Crippen LogP contribution in [0.4, 0.5) is 0 Å². The Balaban J connectivity index is 1.44. The number of benzene rings is 2. The topological polar surface area (TPSA) is 430 Å². The number of imidazole rings is 1. The lowest BCUT2D eigenvalue weighted by Crippen LogP contribution is -2.62.